The first-order chi connectivity index (χ1) is 4.39. The topological polar surface area (TPSA) is 37.3 Å². The number of para-hydroxylation sites is 1. The molecule has 2 nitrogen and oxygen atoms in total. The SMILES string of the molecule is C=O.Oc1ccccc1.[Ba]. The molecule has 1 rings (SSSR count). The van der Waals surface area contributed by atoms with E-state index >= 15 is 0 Å². The van der Waals surface area contributed by atoms with Crippen LogP contribution < -0.4 is 0 Å². The molecule has 0 bridgehead atoms. The van der Waals surface area contributed by atoms with Crippen molar-refractivity contribution < 1.29 is 9.90 Å². The summed E-state index contributed by atoms with van der Waals surface area (Å²) in [6.45, 7) is 2.00. The Morgan fingerprint density at radius 2 is 1.50 bits per heavy atom. The fourth-order valence-electron chi connectivity index (χ4n) is 0.428. The van der Waals surface area contributed by atoms with Crippen LogP contribution in [0.3, 0.4) is 0 Å². The van der Waals surface area contributed by atoms with Crippen LogP contribution in [0.5, 0.6) is 5.75 Å². The molecule has 50 valence electrons. The van der Waals surface area contributed by atoms with Crippen molar-refractivity contribution in [3.05, 3.63) is 30.3 Å². The molecule has 0 aliphatic rings. The maximum Gasteiger partial charge on any atom is 0.115 e. The summed E-state index contributed by atoms with van der Waals surface area (Å²) in [7, 11) is 0. The fraction of sp³-hybridized carbons (Fsp3) is 0. The van der Waals surface area contributed by atoms with Gasteiger partial charge in [-0.1, -0.05) is 18.2 Å². The number of phenols is 1. The summed E-state index contributed by atoms with van der Waals surface area (Å²) in [6, 6.07) is 8.71. The summed E-state index contributed by atoms with van der Waals surface area (Å²) in [5.41, 5.74) is 0. The van der Waals surface area contributed by atoms with Crippen LogP contribution >= 0.6 is 0 Å². The molecule has 0 aliphatic heterocycles. The van der Waals surface area contributed by atoms with Gasteiger partial charge in [0, 0.05) is 48.9 Å². The molecule has 10 heavy (non-hydrogen) atoms. The second-order valence-corrected chi connectivity index (χ2v) is 1.34. The molecule has 0 spiro atoms. The van der Waals surface area contributed by atoms with Crippen LogP contribution in [0.15, 0.2) is 30.3 Å². The van der Waals surface area contributed by atoms with Crippen molar-refractivity contribution in [1.29, 1.82) is 0 Å². The first-order valence-electron chi connectivity index (χ1n) is 2.42. The van der Waals surface area contributed by atoms with Gasteiger partial charge in [0.2, 0.25) is 0 Å². The van der Waals surface area contributed by atoms with Gasteiger partial charge < -0.3 is 9.90 Å². The molecule has 3 heteroatoms. The normalized spacial score (nSPS) is 6.40. The molecule has 2 radical (unpaired) electrons. The van der Waals surface area contributed by atoms with Crippen molar-refractivity contribution >= 4 is 55.7 Å². The Balaban J connectivity index is 0. The maximum atomic E-state index is 8.63. The predicted molar refractivity (Wildman–Crippen MR) is 41.0 cm³/mol. The Morgan fingerprint density at radius 1 is 1.10 bits per heavy atom. The van der Waals surface area contributed by atoms with E-state index < -0.39 is 0 Å². The molecule has 0 unspecified atom stereocenters. The minimum absolute atomic E-state index is 0. The zero-order chi connectivity index (χ0) is 7.11. The summed E-state index contributed by atoms with van der Waals surface area (Å²) >= 11 is 0. The van der Waals surface area contributed by atoms with E-state index in [4.69, 9.17) is 9.90 Å². The first-order valence-corrected chi connectivity index (χ1v) is 2.42. The van der Waals surface area contributed by atoms with Crippen LogP contribution in [0.1, 0.15) is 0 Å². The summed E-state index contributed by atoms with van der Waals surface area (Å²) in [5, 5.41) is 8.63. The largest absolute Gasteiger partial charge is 0.508 e. The molecule has 0 heterocycles. The predicted octanol–water partition coefficient (Wildman–Crippen LogP) is 0.827. The van der Waals surface area contributed by atoms with Crippen LogP contribution in [-0.4, -0.2) is 60.8 Å². The van der Waals surface area contributed by atoms with Gasteiger partial charge in [-0.3, -0.25) is 0 Å². The van der Waals surface area contributed by atoms with Crippen LogP contribution in [-0.2, 0) is 4.79 Å². The Kier molecular flexibility index (Phi) is 11.9. The number of hydrogen-bond acceptors (Lipinski definition) is 2. The molecule has 0 aliphatic carbocycles. The van der Waals surface area contributed by atoms with Gasteiger partial charge in [0.15, 0.2) is 0 Å². The molecule has 0 fully saturated rings. The van der Waals surface area contributed by atoms with Crippen molar-refractivity contribution in [3.63, 3.8) is 0 Å². The second kappa shape index (κ2) is 9.26. The van der Waals surface area contributed by atoms with Gasteiger partial charge in [-0.25, -0.2) is 0 Å². The monoisotopic (exact) mass is 262 g/mol. The summed E-state index contributed by atoms with van der Waals surface area (Å²) in [4.78, 5) is 8.00. The van der Waals surface area contributed by atoms with Gasteiger partial charge in [-0.15, -0.1) is 0 Å². The third-order valence-corrected chi connectivity index (χ3v) is 0.756. The average Bonchev–Trinajstić information content (AvgIpc) is 1.94. The van der Waals surface area contributed by atoms with Crippen molar-refractivity contribution in [1.82, 2.24) is 0 Å². The molecule has 1 aromatic carbocycles. The van der Waals surface area contributed by atoms with Gasteiger partial charge >= 0.3 is 0 Å². The van der Waals surface area contributed by atoms with Crippen molar-refractivity contribution in [2.45, 2.75) is 0 Å². The smallest absolute Gasteiger partial charge is 0.115 e. The summed E-state index contributed by atoms with van der Waals surface area (Å²) in [5.74, 6) is 0.322. The number of carbonyl (C=O) groups is 1. The van der Waals surface area contributed by atoms with E-state index in [2.05, 4.69) is 0 Å². The Hall–Kier alpha value is 0.261. The van der Waals surface area contributed by atoms with Gasteiger partial charge in [-0.2, -0.15) is 0 Å². The van der Waals surface area contributed by atoms with Gasteiger partial charge in [0.05, 0.1) is 0 Å². The van der Waals surface area contributed by atoms with Gasteiger partial charge in [0.25, 0.3) is 0 Å². The number of rotatable bonds is 0. The zero-order valence-corrected chi connectivity index (χ0v) is 10.1. The standard InChI is InChI=1S/C6H6O.CH2O.Ba/c7-6-4-2-1-3-5-6;1-2;/h1-5,7H;1H2;. The molecule has 0 saturated heterocycles. The molecule has 0 aromatic heterocycles. The summed E-state index contributed by atoms with van der Waals surface area (Å²) < 4.78 is 0. The Morgan fingerprint density at radius 3 is 1.70 bits per heavy atom. The van der Waals surface area contributed by atoms with Crippen LogP contribution in [0.25, 0.3) is 0 Å². The maximum absolute atomic E-state index is 8.63. The minimum atomic E-state index is 0. The second-order valence-electron chi connectivity index (χ2n) is 1.34. The van der Waals surface area contributed by atoms with E-state index in [1.165, 1.54) is 0 Å². The number of carbonyl (C=O) groups excluding carboxylic acids is 1. The van der Waals surface area contributed by atoms with Crippen molar-refractivity contribution in [2.24, 2.45) is 0 Å². The fourth-order valence-corrected chi connectivity index (χ4v) is 0.428. The van der Waals surface area contributed by atoms with E-state index in [1.807, 2.05) is 12.9 Å². The number of benzene rings is 1. The molecular weight excluding hydrogens is 253 g/mol. The molecular formula is C7H8BaO2. The number of phenolic OH excluding ortho intramolecular Hbond substituents is 1. The van der Waals surface area contributed by atoms with Crippen molar-refractivity contribution in [2.75, 3.05) is 0 Å². The first kappa shape index (κ1) is 12.9. The molecule has 1 aromatic rings. The molecule has 0 amide bonds. The third kappa shape index (κ3) is 6.38. The van der Waals surface area contributed by atoms with Gasteiger partial charge in [-0.05, 0) is 12.1 Å². The average molecular weight is 261 g/mol. The van der Waals surface area contributed by atoms with Crippen LogP contribution in [0, 0.1) is 0 Å². The number of aromatic hydroxyl groups is 1. The van der Waals surface area contributed by atoms with Crippen LogP contribution in [0.2, 0.25) is 0 Å². The third-order valence-electron chi connectivity index (χ3n) is 0.756. The Labute approximate surface area is 100 Å². The molecule has 0 saturated carbocycles. The number of hydrogen-bond donors (Lipinski definition) is 1. The van der Waals surface area contributed by atoms with Gasteiger partial charge in [0.1, 0.15) is 12.5 Å². The van der Waals surface area contributed by atoms with Crippen molar-refractivity contribution in [3.8, 4) is 5.75 Å². The van der Waals surface area contributed by atoms with E-state index in [0.717, 1.165) is 0 Å². The van der Waals surface area contributed by atoms with Crippen LogP contribution in [0.4, 0.5) is 0 Å². The quantitative estimate of drug-likeness (QED) is 0.702. The van der Waals surface area contributed by atoms with E-state index in [1.54, 1.807) is 24.3 Å². The van der Waals surface area contributed by atoms with E-state index in [-0.39, 0.29) is 48.9 Å². The summed E-state index contributed by atoms with van der Waals surface area (Å²) in [6.07, 6.45) is 0. The van der Waals surface area contributed by atoms with E-state index in [0.29, 0.717) is 5.75 Å². The zero-order valence-electron chi connectivity index (χ0n) is 5.66. The van der Waals surface area contributed by atoms with E-state index in [9.17, 15) is 0 Å². The minimum Gasteiger partial charge on any atom is -0.508 e. The molecule has 1 N–H and O–H groups in total. The Bertz CT molecular complexity index is 153. The molecule has 0 atom stereocenters.